The van der Waals surface area contributed by atoms with Crippen LogP contribution < -0.4 is 4.72 Å². The van der Waals surface area contributed by atoms with Gasteiger partial charge >= 0.3 is 0 Å². The SMILES string of the molecule is Cc1nnc(-c2ccc(S(=O)(=O)Nc3ccc(F)c(F)c3)o2)o1. The van der Waals surface area contributed by atoms with Crippen molar-refractivity contribution in [1.82, 2.24) is 10.2 Å². The van der Waals surface area contributed by atoms with Gasteiger partial charge in [-0.05, 0) is 24.3 Å². The van der Waals surface area contributed by atoms with Gasteiger partial charge in [0.1, 0.15) is 0 Å². The number of aryl methyl sites for hydroxylation is 1. The molecule has 0 aliphatic carbocycles. The fourth-order valence-corrected chi connectivity index (χ4v) is 2.73. The third kappa shape index (κ3) is 3.06. The first-order valence-electron chi connectivity index (χ1n) is 6.23. The third-order valence-corrected chi connectivity index (χ3v) is 4.01. The van der Waals surface area contributed by atoms with Crippen LogP contribution >= 0.6 is 0 Å². The molecule has 2 heterocycles. The van der Waals surface area contributed by atoms with Crippen LogP contribution in [0.5, 0.6) is 0 Å². The number of hydrogen-bond acceptors (Lipinski definition) is 6. The standard InChI is InChI=1S/C13H9F2N3O4S/c1-7-16-17-13(21-7)11-4-5-12(22-11)23(19,20)18-8-2-3-9(14)10(15)6-8/h2-6,18H,1H3. The van der Waals surface area contributed by atoms with Crippen LogP contribution in [0.15, 0.2) is 44.3 Å². The van der Waals surface area contributed by atoms with Crippen molar-refractivity contribution >= 4 is 15.7 Å². The molecular weight excluding hydrogens is 332 g/mol. The molecule has 0 saturated heterocycles. The summed E-state index contributed by atoms with van der Waals surface area (Å²) in [6, 6.07) is 5.13. The summed E-state index contributed by atoms with van der Waals surface area (Å²) >= 11 is 0. The zero-order valence-electron chi connectivity index (χ0n) is 11.6. The van der Waals surface area contributed by atoms with Crippen LogP contribution in [0.25, 0.3) is 11.7 Å². The number of nitrogens with zero attached hydrogens (tertiary/aromatic N) is 2. The second-order valence-corrected chi connectivity index (χ2v) is 6.09. The number of hydrogen-bond donors (Lipinski definition) is 1. The Bertz CT molecular complexity index is 965. The molecule has 0 radical (unpaired) electrons. The molecule has 3 rings (SSSR count). The van der Waals surface area contributed by atoms with E-state index in [-0.39, 0.29) is 17.3 Å². The minimum Gasteiger partial charge on any atom is -0.438 e. The van der Waals surface area contributed by atoms with Gasteiger partial charge in [-0.25, -0.2) is 8.78 Å². The Hall–Kier alpha value is -2.75. The van der Waals surface area contributed by atoms with Crippen LogP contribution in [0.1, 0.15) is 5.89 Å². The first-order valence-corrected chi connectivity index (χ1v) is 7.72. The van der Waals surface area contributed by atoms with E-state index in [1.54, 1.807) is 6.92 Å². The number of rotatable bonds is 4. The summed E-state index contributed by atoms with van der Waals surface area (Å²) in [4.78, 5) is 0. The van der Waals surface area contributed by atoms with E-state index in [1.165, 1.54) is 12.1 Å². The van der Waals surface area contributed by atoms with Crippen LogP contribution in [0, 0.1) is 18.6 Å². The lowest BCUT2D eigenvalue weighted by atomic mass is 10.3. The second-order valence-electron chi connectivity index (χ2n) is 4.48. The van der Waals surface area contributed by atoms with Crippen LogP contribution in [0.4, 0.5) is 14.5 Å². The van der Waals surface area contributed by atoms with Crippen LogP contribution in [0.3, 0.4) is 0 Å². The minimum atomic E-state index is -4.12. The Kier molecular flexibility index (Phi) is 3.60. The Morgan fingerprint density at radius 2 is 1.83 bits per heavy atom. The van der Waals surface area contributed by atoms with Crippen molar-refractivity contribution in [3.8, 4) is 11.7 Å². The Morgan fingerprint density at radius 1 is 1.04 bits per heavy atom. The maximum Gasteiger partial charge on any atom is 0.295 e. The summed E-state index contributed by atoms with van der Waals surface area (Å²) in [5, 5.41) is 6.86. The van der Waals surface area contributed by atoms with E-state index in [1.807, 2.05) is 0 Å². The number of nitrogens with one attached hydrogen (secondary N) is 1. The van der Waals surface area contributed by atoms with Gasteiger partial charge in [-0.1, -0.05) is 0 Å². The summed E-state index contributed by atoms with van der Waals surface area (Å²) in [5.41, 5.74) is -0.143. The summed E-state index contributed by atoms with van der Waals surface area (Å²) in [6.07, 6.45) is 0. The smallest absolute Gasteiger partial charge is 0.295 e. The Labute approximate surface area is 129 Å². The van der Waals surface area contributed by atoms with Gasteiger partial charge in [0.25, 0.3) is 15.9 Å². The number of anilines is 1. The van der Waals surface area contributed by atoms with Gasteiger partial charge in [-0.15, -0.1) is 10.2 Å². The third-order valence-electron chi connectivity index (χ3n) is 2.75. The summed E-state index contributed by atoms with van der Waals surface area (Å²) in [7, 11) is -4.12. The van der Waals surface area contributed by atoms with Crippen LogP contribution in [0.2, 0.25) is 0 Å². The van der Waals surface area contributed by atoms with Gasteiger partial charge in [0.2, 0.25) is 11.0 Å². The van der Waals surface area contributed by atoms with Crippen molar-refractivity contribution in [3.63, 3.8) is 0 Å². The molecule has 2 aromatic heterocycles. The molecule has 3 aromatic rings. The van der Waals surface area contributed by atoms with Gasteiger partial charge < -0.3 is 8.83 Å². The molecule has 0 saturated carbocycles. The molecule has 0 fully saturated rings. The molecule has 1 N–H and O–H groups in total. The molecule has 0 bridgehead atoms. The van der Waals surface area contributed by atoms with Gasteiger partial charge in [-0.3, -0.25) is 4.72 Å². The molecule has 0 atom stereocenters. The normalized spacial score (nSPS) is 11.6. The van der Waals surface area contributed by atoms with Gasteiger partial charge in [0, 0.05) is 13.0 Å². The highest BCUT2D eigenvalue weighted by Crippen LogP contribution is 2.25. The van der Waals surface area contributed by atoms with Crippen molar-refractivity contribution in [2.24, 2.45) is 0 Å². The van der Waals surface area contributed by atoms with Crippen LogP contribution in [-0.2, 0) is 10.0 Å². The first-order chi connectivity index (χ1) is 10.8. The zero-order chi connectivity index (χ0) is 16.6. The molecule has 1 aromatic carbocycles. The largest absolute Gasteiger partial charge is 0.438 e. The van der Waals surface area contributed by atoms with E-state index in [0.29, 0.717) is 5.89 Å². The van der Waals surface area contributed by atoms with Crippen molar-refractivity contribution < 1.29 is 26.0 Å². The minimum absolute atomic E-state index is 0.0248. The molecule has 10 heteroatoms. The lowest BCUT2D eigenvalue weighted by Crippen LogP contribution is -2.12. The molecule has 120 valence electrons. The number of furan rings is 1. The molecule has 7 nitrogen and oxygen atoms in total. The monoisotopic (exact) mass is 341 g/mol. The maximum absolute atomic E-state index is 13.1. The fraction of sp³-hybridized carbons (Fsp3) is 0.0769. The average Bonchev–Trinajstić information content (AvgIpc) is 3.11. The Balaban J connectivity index is 1.88. The predicted octanol–water partition coefficient (Wildman–Crippen LogP) is 2.72. The van der Waals surface area contributed by atoms with E-state index in [2.05, 4.69) is 14.9 Å². The Morgan fingerprint density at radius 3 is 2.48 bits per heavy atom. The number of benzene rings is 1. The van der Waals surface area contributed by atoms with Crippen LogP contribution in [-0.4, -0.2) is 18.6 Å². The van der Waals surface area contributed by atoms with Crippen molar-refractivity contribution in [2.45, 2.75) is 12.0 Å². The van der Waals surface area contributed by atoms with E-state index < -0.39 is 26.8 Å². The van der Waals surface area contributed by atoms with E-state index in [9.17, 15) is 17.2 Å². The van der Waals surface area contributed by atoms with E-state index in [0.717, 1.165) is 18.2 Å². The average molecular weight is 341 g/mol. The molecular formula is C13H9F2N3O4S. The molecule has 0 aliphatic rings. The van der Waals surface area contributed by atoms with Gasteiger partial charge in [0.05, 0.1) is 5.69 Å². The molecule has 0 amide bonds. The number of sulfonamides is 1. The van der Waals surface area contributed by atoms with Gasteiger partial charge in [0.15, 0.2) is 17.4 Å². The zero-order valence-corrected chi connectivity index (χ0v) is 12.4. The topological polar surface area (TPSA) is 98.2 Å². The predicted molar refractivity (Wildman–Crippen MR) is 73.9 cm³/mol. The fourth-order valence-electron chi connectivity index (χ4n) is 1.74. The highest BCUT2D eigenvalue weighted by atomic mass is 32.2. The van der Waals surface area contributed by atoms with Gasteiger partial charge in [-0.2, -0.15) is 8.42 Å². The first kappa shape index (κ1) is 15.2. The highest BCUT2D eigenvalue weighted by molar-refractivity contribution is 7.92. The quantitative estimate of drug-likeness (QED) is 0.783. The summed E-state index contributed by atoms with van der Waals surface area (Å²) in [6.45, 7) is 1.57. The molecule has 0 aliphatic heterocycles. The lowest BCUT2D eigenvalue weighted by molar-refractivity contribution is 0.439. The second kappa shape index (κ2) is 5.47. The van der Waals surface area contributed by atoms with E-state index >= 15 is 0 Å². The molecule has 0 unspecified atom stereocenters. The number of halogens is 2. The lowest BCUT2D eigenvalue weighted by Gasteiger charge is -2.05. The molecule has 23 heavy (non-hydrogen) atoms. The van der Waals surface area contributed by atoms with Crippen molar-refractivity contribution in [3.05, 3.63) is 47.9 Å². The molecule has 0 spiro atoms. The summed E-state index contributed by atoms with van der Waals surface area (Å²) in [5.74, 6) is -1.87. The summed E-state index contributed by atoms with van der Waals surface area (Å²) < 4.78 is 62.7. The van der Waals surface area contributed by atoms with Crippen molar-refractivity contribution in [1.29, 1.82) is 0 Å². The van der Waals surface area contributed by atoms with E-state index in [4.69, 9.17) is 8.83 Å². The maximum atomic E-state index is 13.1. The number of aromatic nitrogens is 2. The highest BCUT2D eigenvalue weighted by Gasteiger charge is 2.21. The van der Waals surface area contributed by atoms with Crippen molar-refractivity contribution in [2.75, 3.05) is 4.72 Å².